The maximum absolute atomic E-state index is 2.33. The summed E-state index contributed by atoms with van der Waals surface area (Å²) in [7, 11) is 0. The van der Waals surface area contributed by atoms with Crippen LogP contribution in [0, 0.1) is 13.8 Å². The zero-order valence-electron chi connectivity index (χ0n) is 12.7. The van der Waals surface area contributed by atoms with E-state index < -0.39 is 0 Å². The quantitative estimate of drug-likeness (QED) is 0.697. The second-order valence-electron chi connectivity index (χ2n) is 5.62. The fourth-order valence-corrected chi connectivity index (χ4v) is 2.60. The maximum Gasteiger partial charge on any atom is 0.0461 e. The number of aryl methyl sites for hydroxylation is 2. The van der Waals surface area contributed by atoms with Gasteiger partial charge in [-0.3, -0.25) is 0 Å². The smallest absolute Gasteiger partial charge is 0.0461 e. The molecule has 1 nitrogen and oxygen atoms in total. The van der Waals surface area contributed by atoms with E-state index in [2.05, 4.69) is 85.5 Å². The van der Waals surface area contributed by atoms with Gasteiger partial charge >= 0.3 is 0 Å². The van der Waals surface area contributed by atoms with Crippen LogP contribution >= 0.6 is 0 Å². The molecule has 0 saturated carbocycles. The summed E-state index contributed by atoms with van der Waals surface area (Å²) < 4.78 is 0. The highest BCUT2D eigenvalue weighted by Gasteiger charge is 2.13. The Morgan fingerprint density at radius 3 is 1.67 bits per heavy atom. The molecule has 0 N–H and O–H groups in total. The van der Waals surface area contributed by atoms with Crippen LogP contribution in [0.4, 0.5) is 11.4 Å². The number of anilines is 2. The minimum absolute atomic E-state index is 1.11. The fraction of sp³-hybridized carbons (Fsp3) is 0.200. The molecule has 0 atom stereocenters. The van der Waals surface area contributed by atoms with Crippen molar-refractivity contribution >= 4 is 11.4 Å². The first-order valence-electron chi connectivity index (χ1n) is 7.54. The molecule has 106 valence electrons. The fourth-order valence-electron chi connectivity index (χ4n) is 2.60. The molecule has 0 fully saturated rings. The van der Waals surface area contributed by atoms with Crippen molar-refractivity contribution in [3.63, 3.8) is 0 Å². The second kappa shape index (κ2) is 6.01. The molecular weight excluding hydrogens is 254 g/mol. The van der Waals surface area contributed by atoms with Crippen LogP contribution in [0.5, 0.6) is 0 Å². The molecule has 0 radical (unpaired) electrons. The molecule has 2 aromatic rings. The summed E-state index contributed by atoms with van der Waals surface area (Å²) >= 11 is 0. The van der Waals surface area contributed by atoms with Crippen LogP contribution in [0.1, 0.15) is 24.0 Å². The van der Waals surface area contributed by atoms with Gasteiger partial charge in [0.15, 0.2) is 0 Å². The largest absolute Gasteiger partial charge is 0.311 e. The molecule has 0 unspecified atom stereocenters. The molecule has 3 rings (SSSR count). The van der Waals surface area contributed by atoms with E-state index in [4.69, 9.17) is 0 Å². The highest BCUT2D eigenvalue weighted by molar-refractivity contribution is 5.70. The van der Waals surface area contributed by atoms with Gasteiger partial charge in [-0.1, -0.05) is 47.5 Å². The molecule has 1 aliphatic carbocycles. The normalized spacial score (nSPS) is 13.9. The van der Waals surface area contributed by atoms with Gasteiger partial charge < -0.3 is 4.90 Å². The van der Waals surface area contributed by atoms with Gasteiger partial charge in [-0.25, -0.2) is 0 Å². The predicted molar refractivity (Wildman–Crippen MR) is 91.0 cm³/mol. The number of nitrogens with zero attached hydrogens (tertiary/aromatic N) is 1. The Balaban J connectivity index is 2.06. The lowest BCUT2D eigenvalue weighted by molar-refractivity contribution is 0.997. The molecule has 0 heterocycles. The van der Waals surface area contributed by atoms with Gasteiger partial charge in [-0.2, -0.15) is 0 Å². The maximum atomic E-state index is 2.33. The molecule has 0 amide bonds. The van der Waals surface area contributed by atoms with Crippen molar-refractivity contribution in [2.45, 2.75) is 26.7 Å². The van der Waals surface area contributed by atoms with Gasteiger partial charge in [0.25, 0.3) is 0 Å². The topological polar surface area (TPSA) is 3.24 Å². The van der Waals surface area contributed by atoms with Crippen LogP contribution in [-0.2, 0) is 0 Å². The van der Waals surface area contributed by atoms with Gasteiger partial charge in [-0.15, -0.1) is 0 Å². The van der Waals surface area contributed by atoms with E-state index in [1.54, 1.807) is 0 Å². The molecule has 0 bridgehead atoms. The van der Waals surface area contributed by atoms with Crippen LogP contribution < -0.4 is 4.90 Å². The first-order valence-corrected chi connectivity index (χ1v) is 7.54. The van der Waals surface area contributed by atoms with E-state index in [9.17, 15) is 0 Å². The van der Waals surface area contributed by atoms with Crippen LogP contribution in [-0.4, -0.2) is 0 Å². The molecule has 0 saturated heterocycles. The Morgan fingerprint density at radius 1 is 0.714 bits per heavy atom. The zero-order chi connectivity index (χ0) is 14.7. The third-order valence-electron chi connectivity index (χ3n) is 3.82. The van der Waals surface area contributed by atoms with Gasteiger partial charge in [0.05, 0.1) is 0 Å². The van der Waals surface area contributed by atoms with Gasteiger partial charge in [0, 0.05) is 17.1 Å². The van der Waals surface area contributed by atoms with E-state index in [-0.39, 0.29) is 0 Å². The minimum atomic E-state index is 1.11. The predicted octanol–water partition coefficient (Wildman–Crippen LogP) is 5.68. The summed E-state index contributed by atoms with van der Waals surface area (Å²) in [5.41, 5.74) is 6.25. The van der Waals surface area contributed by atoms with Crippen molar-refractivity contribution in [3.05, 3.63) is 83.6 Å². The van der Waals surface area contributed by atoms with Crippen molar-refractivity contribution in [2.75, 3.05) is 4.90 Å². The average molecular weight is 275 g/mol. The van der Waals surface area contributed by atoms with Crippen LogP contribution in [0.3, 0.4) is 0 Å². The lowest BCUT2D eigenvalue weighted by Gasteiger charge is -2.27. The van der Waals surface area contributed by atoms with Crippen molar-refractivity contribution in [1.29, 1.82) is 0 Å². The highest BCUT2D eigenvalue weighted by atomic mass is 15.1. The number of rotatable bonds is 3. The zero-order valence-corrected chi connectivity index (χ0v) is 12.7. The van der Waals surface area contributed by atoms with E-state index in [0.29, 0.717) is 0 Å². The number of hydrogen-bond acceptors (Lipinski definition) is 1. The van der Waals surface area contributed by atoms with E-state index in [0.717, 1.165) is 12.8 Å². The van der Waals surface area contributed by atoms with Gasteiger partial charge in [0.2, 0.25) is 0 Å². The first kappa shape index (κ1) is 13.7. The second-order valence-corrected chi connectivity index (χ2v) is 5.62. The Morgan fingerprint density at radius 2 is 1.24 bits per heavy atom. The SMILES string of the molecule is Cc1ccc(N(C2=CCCC=C2)c2ccc(C)cc2)cc1. The van der Waals surface area contributed by atoms with Gasteiger partial charge in [0.1, 0.15) is 0 Å². The Kier molecular flexibility index (Phi) is 3.92. The van der Waals surface area contributed by atoms with Crippen molar-refractivity contribution in [3.8, 4) is 0 Å². The van der Waals surface area contributed by atoms with Crippen LogP contribution in [0.15, 0.2) is 72.5 Å². The Bertz CT molecular complexity index is 614. The number of allylic oxidation sites excluding steroid dienone is 3. The summed E-state index contributed by atoms with van der Waals surface area (Å²) in [6.07, 6.45) is 9.05. The van der Waals surface area contributed by atoms with Crippen molar-refractivity contribution < 1.29 is 0 Å². The molecule has 0 aromatic heterocycles. The molecule has 0 spiro atoms. The summed E-state index contributed by atoms with van der Waals surface area (Å²) in [5, 5.41) is 0. The standard InChI is InChI=1S/C20H21N/c1-16-8-12-19(13-9-16)21(18-6-4-3-5-7-18)20-14-10-17(2)11-15-20/h4,6-15H,3,5H2,1-2H3. The van der Waals surface area contributed by atoms with E-state index >= 15 is 0 Å². The summed E-state index contributed by atoms with van der Waals surface area (Å²) in [6.45, 7) is 4.25. The van der Waals surface area contributed by atoms with Crippen molar-refractivity contribution in [2.24, 2.45) is 0 Å². The van der Waals surface area contributed by atoms with Crippen LogP contribution in [0.2, 0.25) is 0 Å². The number of benzene rings is 2. The average Bonchev–Trinajstić information content (AvgIpc) is 2.52. The summed E-state index contributed by atoms with van der Waals surface area (Å²) in [6, 6.07) is 17.5. The molecule has 1 heteroatoms. The molecule has 2 aromatic carbocycles. The monoisotopic (exact) mass is 275 g/mol. The van der Waals surface area contributed by atoms with Gasteiger partial charge in [-0.05, 0) is 57.0 Å². The van der Waals surface area contributed by atoms with E-state index in [1.807, 2.05) is 0 Å². The molecule has 1 aliphatic rings. The first-order chi connectivity index (χ1) is 10.2. The van der Waals surface area contributed by atoms with Crippen molar-refractivity contribution in [1.82, 2.24) is 0 Å². The third kappa shape index (κ3) is 3.08. The Labute approximate surface area is 127 Å². The molecule has 21 heavy (non-hydrogen) atoms. The molecule has 0 aliphatic heterocycles. The lowest BCUT2D eigenvalue weighted by atomic mass is 10.1. The summed E-state index contributed by atoms with van der Waals surface area (Å²) in [5.74, 6) is 0. The Hall–Kier alpha value is -2.28. The minimum Gasteiger partial charge on any atom is -0.311 e. The third-order valence-corrected chi connectivity index (χ3v) is 3.82. The van der Waals surface area contributed by atoms with Crippen LogP contribution in [0.25, 0.3) is 0 Å². The lowest BCUT2D eigenvalue weighted by Crippen LogP contribution is -2.16. The molecular formula is C20H21N. The number of hydrogen-bond donors (Lipinski definition) is 0. The van der Waals surface area contributed by atoms with E-state index in [1.165, 1.54) is 28.2 Å². The highest BCUT2D eigenvalue weighted by Crippen LogP contribution is 2.32. The summed E-state index contributed by atoms with van der Waals surface area (Å²) in [4.78, 5) is 2.33.